The number of azide groups is 1. The number of hydrogen-bond acceptors (Lipinski definition) is 9. The van der Waals surface area contributed by atoms with Crippen LogP contribution in [-0.2, 0) is 28.6 Å². The van der Waals surface area contributed by atoms with E-state index in [2.05, 4.69) is 15.3 Å². The molecular formula is C18H22N4O8. The minimum Gasteiger partial charge on any atom is -0.463 e. The highest BCUT2D eigenvalue weighted by Gasteiger charge is 2.48. The number of carbonyl (C=O) groups is 3. The highest BCUT2D eigenvalue weighted by atomic mass is 16.7. The van der Waals surface area contributed by atoms with E-state index in [9.17, 15) is 19.5 Å². The lowest BCUT2D eigenvalue weighted by Crippen LogP contribution is -2.60. The van der Waals surface area contributed by atoms with Crippen LogP contribution in [0.25, 0.3) is 10.4 Å². The summed E-state index contributed by atoms with van der Waals surface area (Å²) >= 11 is 0. The van der Waals surface area contributed by atoms with Gasteiger partial charge in [-0.15, -0.1) is 0 Å². The van der Waals surface area contributed by atoms with E-state index < -0.39 is 42.6 Å². The smallest absolute Gasteiger partial charge is 0.303 e. The predicted octanol–water partition coefficient (Wildman–Crippen LogP) is 1.28. The fourth-order valence-corrected chi connectivity index (χ4v) is 2.82. The van der Waals surface area contributed by atoms with Gasteiger partial charge in [-0.05, 0) is 29.8 Å². The molecule has 1 aromatic carbocycles. The number of amides is 1. The van der Waals surface area contributed by atoms with Gasteiger partial charge in [-0.3, -0.25) is 14.4 Å². The molecule has 2 rings (SSSR count). The summed E-state index contributed by atoms with van der Waals surface area (Å²) in [5.74, 6) is -1.26. The lowest BCUT2D eigenvalue weighted by atomic mass is 9.96. The Kier molecular flexibility index (Phi) is 7.98. The number of aliphatic hydroxyl groups is 1. The fraction of sp³-hybridized carbons (Fsp3) is 0.500. The zero-order valence-electron chi connectivity index (χ0n) is 16.5. The molecule has 0 radical (unpaired) electrons. The number of aliphatic hydroxyl groups excluding tert-OH is 1. The fourth-order valence-electron chi connectivity index (χ4n) is 2.82. The van der Waals surface area contributed by atoms with Gasteiger partial charge in [0, 0.05) is 31.4 Å². The third kappa shape index (κ3) is 6.34. The highest BCUT2D eigenvalue weighted by molar-refractivity contribution is 5.88. The van der Waals surface area contributed by atoms with E-state index in [1.165, 1.54) is 26.0 Å². The molecule has 1 saturated heterocycles. The number of esters is 2. The van der Waals surface area contributed by atoms with Crippen molar-refractivity contribution in [2.75, 3.05) is 11.9 Å². The lowest BCUT2D eigenvalue weighted by Gasteiger charge is -2.41. The molecule has 0 aliphatic carbocycles. The lowest BCUT2D eigenvalue weighted by molar-refractivity contribution is -0.254. The molecule has 1 fully saturated rings. The van der Waals surface area contributed by atoms with Crippen LogP contribution < -0.4 is 10.1 Å². The summed E-state index contributed by atoms with van der Waals surface area (Å²) in [7, 11) is 0. The third-order valence-electron chi connectivity index (χ3n) is 4.01. The summed E-state index contributed by atoms with van der Waals surface area (Å²) in [5.41, 5.74) is 9.41. The molecule has 2 N–H and O–H groups in total. The number of nitrogens with zero attached hydrogens (tertiary/aromatic N) is 3. The maximum atomic E-state index is 11.5. The van der Waals surface area contributed by atoms with Gasteiger partial charge in [0.25, 0.3) is 0 Å². The maximum absolute atomic E-state index is 11.5. The van der Waals surface area contributed by atoms with Crippen LogP contribution in [0.1, 0.15) is 20.8 Å². The van der Waals surface area contributed by atoms with Crippen LogP contribution in [0, 0.1) is 0 Å². The first-order valence-electron chi connectivity index (χ1n) is 8.94. The average molecular weight is 422 g/mol. The topological polar surface area (TPSA) is 169 Å². The molecule has 0 aromatic heterocycles. The summed E-state index contributed by atoms with van der Waals surface area (Å²) in [6.45, 7) is 3.38. The molecule has 1 amide bonds. The molecule has 0 bridgehead atoms. The number of ether oxygens (including phenoxy) is 4. The van der Waals surface area contributed by atoms with Crippen molar-refractivity contribution < 1.29 is 38.4 Å². The molecule has 1 aliphatic heterocycles. The van der Waals surface area contributed by atoms with E-state index in [0.717, 1.165) is 6.92 Å². The molecular weight excluding hydrogens is 400 g/mol. The summed E-state index contributed by atoms with van der Waals surface area (Å²) in [4.78, 5) is 36.5. The Hall–Kier alpha value is -3.34. The third-order valence-corrected chi connectivity index (χ3v) is 4.01. The van der Waals surface area contributed by atoms with Gasteiger partial charge in [0.2, 0.25) is 12.2 Å². The van der Waals surface area contributed by atoms with Gasteiger partial charge in [-0.1, -0.05) is 5.11 Å². The summed E-state index contributed by atoms with van der Waals surface area (Å²) in [5, 5.41) is 16.7. The van der Waals surface area contributed by atoms with E-state index in [-0.39, 0.29) is 18.3 Å². The number of rotatable bonds is 7. The van der Waals surface area contributed by atoms with E-state index in [0.29, 0.717) is 5.69 Å². The Labute approximate surface area is 171 Å². The second-order valence-electron chi connectivity index (χ2n) is 6.43. The Morgan fingerprint density at radius 2 is 1.87 bits per heavy atom. The largest absolute Gasteiger partial charge is 0.463 e. The summed E-state index contributed by atoms with van der Waals surface area (Å²) < 4.78 is 21.4. The molecule has 1 heterocycles. The first kappa shape index (κ1) is 22.9. The minimum atomic E-state index is -1.49. The number of carbonyl (C=O) groups excluding carboxylic acids is 3. The van der Waals surface area contributed by atoms with Crippen molar-refractivity contribution in [1.82, 2.24) is 0 Å². The van der Waals surface area contributed by atoms with Crippen molar-refractivity contribution in [2.24, 2.45) is 5.11 Å². The van der Waals surface area contributed by atoms with Crippen LogP contribution >= 0.6 is 0 Å². The van der Waals surface area contributed by atoms with Crippen LogP contribution in [0.2, 0.25) is 0 Å². The molecule has 3 unspecified atom stereocenters. The first-order valence-corrected chi connectivity index (χ1v) is 8.94. The number of hydrogen-bond donors (Lipinski definition) is 2. The number of anilines is 1. The van der Waals surface area contributed by atoms with Crippen LogP contribution in [-0.4, -0.2) is 60.2 Å². The molecule has 0 spiro atoms. The SMILES string of the molecule is CC(=O)Nc1ccc(O[C@H]2OC(COC(C)=O)C(OC(C)=O)[C@@H](N=[N+]=[N-])C2O)cc1. The van der Waals surface area contributed by atoms with Crippen LogP contribution in [0.5, 0.6) is 5.75 Å². The van der Waals surface area contributed by atoms with Crippen molar-refractivity contribution in [3.8, 4) is 5.75 Å². The quantitative estimate of drug-likeness (QED) is 0.286. The van der Waals surface area contributed by atoms with Crippen molar-refractivity contribution in [3.63, 3.8) is 0 Å². The second kappa shape index (κ2) is 10.4. The van der Waals surface area contributed by atoms with Crippen molar-refractivity contribution in [1.29, 1.82) is 0 Å². The van der Waals surface area contributed by atoms with Crippen LogP contribution in [0.4, 0.5) is 5.69 Å². The molecule has 162 valence electrons. The van der Waals surface area contributed by atoms with E-state index in [1.807, 2.05) is 0 Å². The van der Waals surface area contributed by atoms with Crippen molar-refractivity contribution in [2.45, 2.75) is 51.4 Å². The van der Waals surface area contributed by atoms with E-state index >= 15 is 0 Å². The molecule has 1 aliphatic rings. The van der Waals surface area contributed by atoms with Gasteiger partial charge in [0.1, 0.15) is 36.7 Å². The molecule has 30 heavy (non-hydrogen) atoms. The number of benzene rings is 1. The van der Waals surface area contributed by atoms with Gasteiger partial charge in [-0.2, -0.15) is 0 Å². The zero-order valence-corrected chi connectivity index (χ0v) is 16.5. The van der Waals surface area contributed by atoms with Gasteiger partial charge in [-0.25, -0.2) is 0 Å². The summed E-state index contributed by atoms with van der Waals surface area (Å²) in [6, 6.07) is 4.97. The van der Waals surface area contributed by atoms with Crippen molar-refractivity contribution >= 4 is 23.5 Å². The minimum absolute atomic E-state index is 0.239. The van der Waals surface area contributed by atoms with Gasteiger partial charge in [0.15, 0.2) is 0 Å². The van der Waals surface area contributed by atoms with Gasteiger partial charge >= 0.3 is 11.9 Å². The molecule has 12 nitrogen and oxygen atoms in total. The van der Waals surface area contributed by atoms with Crippen LogP contribution in [0.15, 0.2) is 29.4 Å². The average Bonchev–Trinajstić information content (AvgIpc) is 2.66. The first-order chi connectivity index (χ1) is 14.2. The van der Waals surface area contributed by atoms with Gasteiger partial charge < -0.3 is 29.4 Å². The monoisotopic (exact) mass is 422 g/mol. The summed E-state index contributed by atoms with van der Waals surface area (Å²) in [6.07, 6.45) is -5.07. The molecule has 1 aromatic rings. The molecule has 12 heteroatoms. The Morgan fingerprint density at radius 3 is 2.40 bits per heavy atom. The maximum Gasteiger partial charge on any atom is 0.303 e. The van der Waals surface area contributed by atoms with E-state index in [4.69, 9.17) is 24.5 Å². The molecule has 5 atom stereocenters. The van der Waals surface area contributed by atoms with Gasteiger partial charge in [0.05, 0.1) is 0 Å². The standard InChI is InChI=1S/C18H22N4O8/c1-9(23)20-12-4-6-13(7-5-12)29-18-16(26)15(21-22-19)17(28-11(3)25)14(30-18)8-27-10(2)24/h4-7,14-18,26H,8H2,1-3H3,(H,20,23)/t14?,15-,16?,17?,18-/m0/s1. The predicted molar refractivity (Wildman–Crippen MR) is 101 cm³/mol. The highest BCUT2D eigenvalue weighted by Crippen LogP contribution is 2.29. The van der Waals surface area contributed by atoms with Crippen molar-refractivity contribution in [3.05, 3.63) is 34.7 Å². The second-order valence-corrected chi connectivity index (χ2v) is 6.43. The molecule has 0 saturated carbocycles. The normalized spacial score (nSPS) is 25.4. The number of nitrogens with one attached hydrogen (secondary N) is 1. The Morgan fingerprint density at radius 1 is 1.20 bits per heavy atom. The van der Waals surface area contributed by atoms with Crippen LogP contribution in [0.3, 0.4) is 0 Å². The zero-order chi connectivity index (χ0) is 22.3. The Balaban J connectivity index is 2.23. The Bertz CT molecular complexity index is 824. The van der Waals surface area contributed by atoms with E-state index in [1.54, 1.807) is 12.1 Å².